The van der Waals surface area contributed by atoms with Gasteiger partial charge in [-0.15, -0.1) is 0 Å². The highest BCUT2D eigenvalue weighted by Gasteiger charge is 2.38. The molecule has 1 heterocycles. The van der Waals surface area contributed by atoms with Crippen LogP contribution in [0.3, 0.4) is 0 Å². The molecule has 0 radical (unpaired) electrons. The first-order valence-corrected chi connectivity index (χ1v) is 9.67. The van der Waals surface area contributed by atoms with Crippen LogP contribution in [0.15, 0.2) is 89.9 Å². The molecule has 0 fully saturated rings. The van der Waals surface area contributed by atoms with Gasteiger partial charge in [0.1, 0.15) is 5.60 Å². The third-order valence-electron chi connectivity index (χ3n) is 5.34. The normalized spacial score (nSPS) is 14.8. The van der Waals surface area contributed by atoms with Gasteiger partial charge in [-0.05, 0) is 42.9 Å². The SMILES string of the molecule is CC1=Nc2ccccc2C(CCc2ccccc2)(CCc2ccccc2)O1. The van der Waals surface area contributed by atoms with E-state index in [2.05, 4.69) is 89.9 Å². The number of hydrogen-bond donors (Lipinski definition) is 0. The van der Waals surface area contributed by atoms with Gasteiger partial charge in [0.25, 0.3) is 0 Å². The molecule has 27 heavy (non-hydrogen) atoms. The summed E-state index contributed by atoms with van der Waals surface area (Å²) in [6.45, 7) is 1.97. The summed E-state index contributed by atoms with van der Waals surface area (Å²) in [6, 6.07) is 29.8. The Balaban J connectivity index is 1.65. The van der Waals surface area contributed by atoms with E-state index in [-0.39, 0.29) is 5.60 Å². The Morgan fingerprint density at radius 2 is 1.22 bits per heavy atom. The second-order valence-corrected chi connectivity index (χ2v) is 7.22. The van der Waals surface area contributed by atoms with Gasteiger partial charge in [0.2, 0.25) is 0 Å². The Kier molecular flexibility index (Phi) is 5.06. The van der Waals surface area contributed by atoms with Gasteiger partial charge in [-0.25, -0.2) is 4.99 Å². The lowest BCUT2D eigenvalue weighted by molar-refractivity contribution is 0.0300. The van der Waals surface area contributed by atoms with E-state index < -0.39 is 0 Å². The number of aryl methyl sites for hydroxylation is 2. The van der Waals surface area contributed by atoms with Crippen LogP contribution in [0.4, 0.5) is 5.69 Å². The van der Waals surface area contributed by atoms with E-state index in [9.17, 15) is 0 Å². The molecule has 2 nitrogen and oxygen atoms in total. The summed E-state index contributed by atoms with van der Waals surface area (Å²) in [5.41, 5.74) is 4.61. The van der Waals surface area contributed by atoms with Crippen LogP contribution in [0.5, 0.6) is 0 Å². The van der Waals surface area contributed by atoms with Crippen LogP contribution < -0.4 is 0 Å². The van der Waals surface area contributed by atoms with Crippen LogP contribution in [0.2, 0.25) is 0 Å². The molecule has 0 N–H and O–H groups in total. The maximum Gasteiger partial charge on any atom is 0.186 e. The largest absolute Gasteiger partial charge is 0.470 e. The lowest BCUT2D eigenvalue weighted by Gasteiger charge is -2.38. The van der Waals surface area contributed by atoms with Crippen LogP contribution >= 0.6 is 0 Å². The quantitative estimate of drug-likeness (QED) is 0.514. The van der Waals surface area contributed by atoms with Gasteiger partial charge in [0.15, 0.2) is 5.90 Å². The lowest BCUT2D eigenvalue weighted by Crippen LogP contribution is -2.35. The Morgan fingerprint density at radius 3 is 1.81 bits per heavy atom. The van der Waals surface area contributed by atoms with Crippen molar-refractivity contribution in [3.05, 3.63) is 102 Å². The Labute approximate surface area is 161 Å². The average Bonchev–Trinajstić information content (AvgIpc) is 2.72. The van der Waals surface area contributed by atoms with Crippen molar-refractivity contribution < 1.29 is 4.74 Å². The van der Waals surface area contributed by atoms with Crippen molar-refractivity contribution >= 4 is 11.6 Å². The molecule has 0 aromatic heterocycles. The molecule has 2 heteroatoms. The molecule has 3 aromatic carbocycles. The zero-order valence-electron chi connectivity index (χ0n) is 15.8. The van der Waals surface area contributed by atoms with Crippen LogP contribution in [0, 0.1) is 0 Å². The zero-order chi connectivity index (χ0) is 18.5. The molecular weight excluding hydrogens is 330 g/mol. The van der Waals surface area contributed by atoms with E-state index in [0.29, 0.717) is 0 Å². The Bertz CT molecular complexity index is 872. The predicted octanol–water partition coefficient (Wildman–Crippen LogP) is 6.23. The number of para-hydroxylation sites is 1. The first-order valence-electron chi connectivity index (χ1n) is 9.67. The summed E-state index contributed by atoms with van der Waals surface area (Å²) in [7, 11) is 0. The highest BCUT2D eigenvalue weighted by Crippen LogP contribution is 2.43. The number of aliphatic imine (C=N–C) groups is 1. The topological polar surface area (TPSA) is 21.6 Å². The lowest BCUT2D eigenvalue weighted by atomic mass is 9.81. The van der Waals surface area contributed by atoms with Gasteiger partial charge in [-0.3, -0.25) is 0 Å². The van der Waals surface area contributed by atoms with Crippen LogP contribution in [0.1, 0.15) is 36.5 Å². The van der Waals surface area contributed by atoms with Crippen molar-refractivity contribution in [3.8, 4) is 0 Å². The van der Waals surface area contributed by atoms with E-state index in [0.717, 1.165) is 37.3 Å². The summed E-state index contributed by atoms with van der Waals surface area (Å²) in [5.74, 6) is 0.759. The Morgan fingerprint density at radius 1 is 0.704 bits per heavy atom. The third-order valence-corrected chi connectivity index (χ3v) is 5.34. The first kappa shape index (κ1) is 17.5. The minimum absolute atomic E-state index is 0.339. The summed E-state index contributed by atoms with van der Waals surface area (Å²) >= 11 is 0. The maximum absolute atomic E-state index is 6.49. The van der Waals surface area contributed by atoms with E-state index >= 15 is 0 Å². The van der Waals surface area contributed by atoms with Crippen molar-refractivity contribution in [1.29, 1.82) is 0 Å². The first-order chi connectivity index (χ1) is 13.3. The summed E-state index contributed by atoms with van der Waals surface area (Å²) < 4.78 is 6.49. The molecule has 0 saturated heterocycles. The number of ether oxygens (including phenoxy) is 1. The minimum atomic E-state index is -0.339. The molecule has 1 aliphatic heterocycles. The fraction of sp³-hybridized carbons (Fsp3) is 0.240. The number of benzene rings is 3. The van der Waals surface area contributed by atoms with Gasteiger partial charge in [0, 0.05) is 12.5 Å². The van der Waals surface area contributed by atoms with Gasteiger partial charge >= 0.3 is 0 Å². The second-order valence-electron chi connectivity index (χ2n) is 7.22. The fourth-order valence-corrected chi connectivity index (χ4v) is 3.96. The number of hydrogen-bond acceptors (Lipinski definition) is 2. The number of nitrogens with zero attached hydrogens (tertiary/aromatic N) is 1. The standard InChI is InChI=1S/C25H25NO/c1-20-26-24-15-9-8-14-23(24)25(27-20,18-16-21-10-4-2-5-11-21)19-17-22-12-6-3-7-13-22/h2-15H,16-19H2,1H3. The molecule has 0 amide bonds. The van der Waals surface area contributed by atoms with E-state index in [1.165, 1.54) is 16.7 Å². The molecule has 0 atom stereocenters. The predicted molar refractivity (Wildman–Crippen MR) is 112 cm³/mol. The minimum Gasteiger partial charge on any atom is -0.470 e. The molecule has 0 aliphatic carbocycles. The molecule has 0 saturated carbocycles. The van der Waals surface area contributed by atoms with Crippen molar-refractivity contribution in [3.63, 3.8) is 0 Å². The molecule has 0 bridgehead atoms. The summed E-state index contributed by atoms with van der Waals surface area (Å²) in [4.78, 5) is 4.65. The van der Waals surface area contributed by atoms with Crippen LogP contribution in [-0.4, -0.2) is 5.90 Å². The molecular formula is C25H25NO. The van der Waals surface area contributed by atoms with Gasteiger partial charge in [-0.2, -0.15) is 0 Å². The average molecular weight is 355 g/mol. The molecule has 0 spiro atoms. The Hall–Kier alpha value is -2.87. The maximum atomic E-state index is 6.49. The van der Waals surface area contributed by atoms with Gasteiger partial charge in [0.05, 0.1) is 5.69 Å². The van der Waals surface area contributed by atoms with E-state index in [1.54, 1.807) is 0 Å². The molecule has 0 unspecified atom stereocenters. The second kappa shape index (κ2) is 7.79. The molecule has 136 valence electrons. The van der Waals surface area contributed by atoms with Crippen molar-refractivity contribution in [1.82, 2.24) is 0 Å². The van der Waals surface area contributed by atoms with E-state index in [4.69, 9.17) is 4.74 Å². The van der Waals surface area contributed by atoms with E-state index in [1.807, 2.05) is 6.92 Å². The van der Waals surface area contributed by atoms with Gasteiger partial charge < -0.3 is 4.74 Å². The van der Waals surface area contributed by atoms with Crippen LogP contribution in [0.25, 0.3) is 0 Å². The molecule has 1 aliphatic rings. The highest BCUT2D eigenvalue weighted by atomic mass is 16.5. The monoisotopic (exact) mass is 355 g/mol. The van der Waals surface area contributed by atoms with Crippen molar-refractivity contribution in [2.45, 2.75) is 38.2 Å². The molecule has 3 aromatic rings. The summed E-state index contributed by atoms with van der Waals surface area (Å²) in [6.07, 6.45) is 3.84. The summed E-state index contributed by atoms with van der Waals surface area (Å²) in [5, 5.41) is 0. The highest BCUT2D eigenvalue weighted by molar-refractivity contribution is 5.80. The number of fused-ring (bicyclic) bond motifs is 1. The zero-order valence-corrected chi connectivity index (χ0v) is 15.8. The molecule has 4 rings (SSSR count). The van der Waals surface area contributed by atoms with Crippen molar-refractivity contribution in [2.75, 3.05) is 0 Å². The third kappa shape index (κ3) is 3.95. The van der Waals surface area contributed by atoms with Crippen LogP contribution in [-0.2, 0) is 23.2 Å². The van der Waals surface area contributed by atoms with Gasteiger partial charge in [-0.1, -0.05) is 78.9 Å². The fourth-order valence-electron chi connectivity index (χ4n) is 3.96. The smallest absolute Gasteiger partial charge is 0.186 e. The van der Waals surface area contributed by atoms with Crippen molar-refractivity contribution in [2.24, 2.45) is 4.99 Å². The number of rotatable bonds is 6.